The van der Waals surface area contributed by atoms with Crippen molar-refractivity contribution in [2.75, 3.05) is 6.61 Å². The van der Waals surface area contributed by atoms with Crippen molar-refractivity contribution in [2.45, 2.75) is 26.2 Å². The molecule has 0 radical (unpaired) electrons. The third-order valence-electron chi connectivity index (χ3n) is 2.60. The zero-order valence-corrected chi connectivity index (χ0v) is 14.7. The Morgan fingerprint density at radius 3 is 1.55 bits per heavy atom. The molecule has 0 amide bonds. The van der Waals surface area contributed by atoms with Crippen molar-refractivity contribution in [3.8, 4) is 0 Å². The van der Waals surface area contributed by atoms with Gasteiger partial charge in [0.15, 0.2) is 0 Å². The van der Waals surface area contributed by atoms with E-state index in [-0.39, 0.29) is 37.3 Å². The van der Waals surface area contributed by atoms with Crippen LogP contribution in [0, 0.1) is 37.3 Å². The number of hydrogen-bond donors (Lipinski definition) is 1. The Balaban J connectivity index is 0.000000448. The van der Waals surface area contributed by atoms with E-state index in [0.29, 0.717) is 6.61 Å². The summed E-state index contributed by atoms with van der Waals surface area (Å²) in [4.78, 5) is 0. The van der Waals surface area contributed by atoms with E-state index in [2.05, 4.69) is 67.6 Å². The van der Waals surface area contributed by atoms with Crippen molar-refractivity contribution in [2.24, 2.45) is 0 Å². The van der Waals surface area contributed by atoms with Gasteiger partial charge in [-0.05, 0) is 17.0 Å². The van der Waals surface area contributed by atoms with Crippen molar-refractivity contribution < 1.29 is 42.4 Å². The van der Waals surface area contributed by atoms with Gasteiger partial charge in [-0.15, -0.1) is 0 Å². The second kappa shape index (κ2) is 14.0. The summed E-state index contributed by atoms with van der Waals surface area (Å²) in [6.07, 6.45) is 3.33. The number of unbranched alkanes of at least 4 members (excludes halogenated alkanes) is 2. The first-order valence-corrected chi connectivity index (χ1v) is 7.84. The van der Waals surface area contributed by atoms with Gasteiger partial charge in [-0.3, -0.25) is 0 Å². The molecule has 3 heteroatoms. The van der Waals surface area contributed by atoms with Crippen LogP contribution >= 0.6 is 8.58 Å². The summed E-state index contributed by atoms with van der Waals surface area (Å²) < 4.78 is 0. The van der Waals surface area contributed by atoms with Crippen LogP contribution in [0.3, 0.4) is 0 Å². The van der Waals surface area contributed by atoms with Crippen LogP contribution in [0.1, 0.15) is 26.2 Å². The van der Waals surface area contributed by atoms with E-state index in [0.717, 1.165) is 21.4 Å². The van der Waals surface area contributed by atoms with Crippen LogP contribution in [0.15, 0.2) is 60.7 Å². The van der Waals surface area contributed by atoms with Gasteiger partial charge in [0.05, 0.1) is 0 Å². The van der Waals surface area contributed by atoms with Crippen LogP contribution in [-0.2, 0) is 0 Å². The Bertz CT molecular complexity index is 378. The first-order valence-electron chi connectivity index (χ1n) is 6.84. The molecule has 0 aliphatic heterocycles. The molecule has 114 valence electrons. The predicted octanol–water partition coefficient (Wildman–Crippen LogP) is 3.48. The molecule has 0 unspecified atom stereocenters. The fourth-order valence-electron chi connectivity index (χ4n) is 1.57. The maximum Gasteiger partial charge on any atom is 0.0431 e. The summed E-state index contributed by atoms with van der Waals surface area (Å²) in [5.41, 5.74) is 0. The molecule has 0 heterocycles. The zero-order chi connectivity index (χ0) is 13.8. The Morgan fingerprint density at radius 2 is 1.25 bits per heavy atom. The second-order valence-electron chi connectivity index (χ2n) is 4.29. The topological polar surface area (TPSA) is 20.2 Å². The van der Waals surface area contributed by atoms with Crippen LogP contribution in [0.2, 0.25) is 0 Å². The standard InChI is InChI=1S/C12H11P.C5H12O.Er/c1-3-7-11(8-4-1)13-12-9-5-2-6-10-12;1-2-3-4-5-6;/h1-10,13H;6H,2-5H2,1H3;. The molecule has 0 spiro atoms. The number of aliphatic hydroxyl groups excluding tert-OH is 1. The van der Waals surface area contributed by atoms with Crippen molar-refractivity contribution in [3.63, 3.8) is 0 Å². The first kappa shape index (κ1) is 20.1. The van der Waals surface area contributed by atoms with E-state index in [1.807, 2.05) is 0 Å². The predicted molar refractivity (Wildman–Crippen MR) is 87.1 cm³/mol. The maximum absolute atomic E-state index is 8.20. The monoisotopic (exact) mass is 440 g/mol. The summed E-state index contributed by atoms with van der Waals surface area (Å²) in [6.45, 7) is 2.48. The molecule has 1 nitrogen and oxygen atoms in total. The fraction of sp³-hybridized carbons (Fsp3) is 0.294. The SMILES string of the molecule is CCCCCO.[Er].c1ccc(Pc2ccccc2)cc1. The Kier molecular flexibility index (Phi) is 14.1. The van der Waals surface area contributed by atoms with Gasteiger partial charge < -0.3 is 5.11 Å². The fourth-order valence-corrected chi connectivity index (χ4v) is 2.62. The molecule has 0 aliphatic rings. The van der Waals surface area contributed by atoms with Crippen LogP contribution in [0.4, 0.5) is 0 Å². The van der Waals surface area contributed by atoms with E-state index >= 15 is 0 Å². The molecule has 2 aromatic carbocycles. The molecule has 0 aliphatic carbocycles. The third kappa shape index (κ3) is 9.90. The van der Waals surface area contributed by atoms with Gasteiger partial charge in [0, 0.05) is 43.9 Å². The first-order chi connectivity index (χ1) is 9.36. The van der Waals surface area contributed by atoms with E-state index in [1.165, 1.54) is 17.0 Å². The molecule has 20 heavy (non-hydrogen) atoms. The summed E-state index contributed by atoms with van der Waals surface area (Å²) >= 11 is 0. The van der Waals surface area contributed by atoms with E-state index in [1.54, 1.807) is 0 Å². The molecular weight excluding hydrogens is 418 g/mol. The van der Waals surface area contributed by atoms with Gasteiger partial charge in [0.25, 0.3) is 0 Å². The number of aliphatic hydroxyl groups is 1. The summed E-state index contributed by atoms with van der Waals surface area (Å²) in [5.74, 6) is 0. The largest absolute Gasteiger partial charge is 0.396 e. The average molecular weight is 442 g/mol. The minimum atomic E-state index is 0. The summed E-state index contributed by atoms with van der Waals surface area (Å²) in [6, 6.07) is 21.2. The van der Waals surface area contributed by atoms with Crippen molar-refractivity contribution in [1.29, 1.82) is 0 Å². The molecule has 1 N–H and O–H groups in total. The molecule has 2 aromatic rings. The molecule has 0 atom stereocenters. The second-order valence-corrected chi connectivity index (χ2v) is 5.69. The molecule has 2 rings (SSSR count). The van der Waals surface area contributed by atoms with Gasteiger partial charge in [0.1, 0.15) is 0 Å². The van der Waals surface area contributed by atoms with Gasteiger partial charge in [-0.25, -0.2) is 0 Å². The zero-order valence-electron chi connectivity index (χ0n) is 11.8. The van der Waals surface area contributed by atoms with Crippen molar-refractivity contribution in [3.05, 3.63) is 60.7 Å². The van der Waals surface area contributed by atoms with Crippen LogP contribution in [-0.4, -0.2) is 11.7 Å². The Morgan fingerprint density at radius 1 is 0.800 bits per heavy atom. The van der Waals surface area contributed by atoms with Gasteiger partial charge in [-0.2, -0.15) is 0 Å². The number of hydrogen-bond acceptors (Lipinski definition) is 1. The van der Waals surface area contributed by atoms with Crippen LogP contribution in [0.25, 0.3) is 0 Å². The number of rotatable bonds is 5. The Labute approximate surface area is 154 Å². The molecule has 0 aromatic heterocycles. The van der Waals surface area contributed by atoms with Gasteiger partial charge in [0.2, 0.25) is 0 Å². The molecular formula is C17H23ErOP. The Hall–Kier alpha value is 0.0768. The van der Waals surface area contributed by atoms with Crippen LogP contribution in [0.5, 0.6) is 0 Å². The minimum Gasteiger partial charge on any atom is -0.396 e. The van der Waals surface area contributed by atoms with E-state index < -0.39 is 0 Å². The van der Waals surface area contributed by atoms with Gasteiger partial charge >= 0.3 is 0 Å². The van der Waals surface area contributed by atoms with E-state index in [4.69, 9.17) is 5.11 Å². The normalized spacial score (nSPS) is 9.10. The minimum absolute atomic E-state index is 0. The summed E-state index contributed by atoms with van der Waals surface area (Å²) in [7, 11) is 0.777. The van der Waals surface area contributed by atoms with Crippen molar-refractivity contribution >= 4 is 19.2 Å². The van der Waals surface area contributed by atoms with Crippen molar-refractivity contribution in [1.82, 2.24) is 0 Å². The average Bonchev–Trinajstić information content (AvgIpc) is 2.48. The molecule has 0 saturated heterocycles. The van der Waals surface area contributed by atoms with E-state index in [9.17, 15) is 0 Å². The quantitative estimate of drug-likeness (QED) is 0.556. The summed E-state index contributed by atoms with van der Waals surface area (Å²) in [5, 5.41) is 11.0. The molecule has 0 fully saturated rings. The van der Waals surface area contributed by atoms with Gasteiger partial charge in [-0.1, -0.05) is 89.0 Å². The third-order valence-corrected chi connectivity index (χ3v) is 3.84. The smallest absolute Gasteiger partial charge is 0.0431 e. The van der Waals surface area contributed by atoms with Crippen LogP contribution < -0.4 is 10.6 Å². The molecule has 0 saturated carbocycles. The maximum atomic E-state index is 8.20. The number of benzene rings is 2. The molecule has 0 bridgehead atoms.